The van der Waals surface area contributed by atoms with E-state index in [2.05, 4.69) is 23.1 Å². The monoisotopic (exact) mass is 313 g/mol. The van der Waals surface area contributed by atoms with E-state index in [1.54, 1.807) is 12.1 Å². The van der Waals surface area contributed by atoms with Crippen LogP contribution in [-0.2, 0) is 11.2 Å². The van der Waals surface area contributed by atoms with Crippen molar-refractivity contribution in [1.82, 2.24) is 16.2 Å². The SMILES string of the molecule is CCCCCNC(=S)NNC(=O)Cc1ccc(Cl)cc1. The van der Waals surface area contributed by atoms with Gasteiger partial charge in [-0.3, -0.25) is 15.6 Å². The number of amides is 1. The second-order valence-electron chi connectivity index (χ2n) is 4.44. The largest absolute Gasteiger partial charge is 0.361 e. The lowest BCUT2D eigenvalue weighted by atomic mass is 10.1. The number of hydrogen-bond donors (Lipinski definition) is 3. The van der Waals surface area contributed by atoms with E-state index in [1.165, 1.54) is 12.8 Å². The van der Waals surface area contributed by atoms with Crippen molar-refractivity contribution in [2.45, 2.75) is 32.6 Å². The van der Waals surface area contributed by atoms with Gasteiger partial charge in [-0.2, -0.15) is 0 Å². The number of thiocarbonyl (C=S) groups is 1. The summed E-state index contributed by atoms with van der Waals surface area (Å²) in [6.07, 6.45) is 3.68. The molecule has 0 atom stereocenters. The molecule has 0 bridgehead atoms. The van der Waals surface area contributed by atoms with E-state index in [0.717, 1.165) is 18.5 Å². The van der Waals surface area contributed by atoms with Crippen molar-refractivity contribution in [2.75, 3.05) is 6.54 Å². The lowest BCUT2D eigenvalue weighted by Gasteiger charge is -2.11. The van der Waals surface area contributed by atoms with Crippen LogP contribution in [0.5, 0.6) is 0 Å². The van der Waals surface area contributed by atoms with E-state index in [-0.39, 0.29) is 12.3 Å². The van der Waals surface area contributed by atoms with E-state index < -0.39 is 0 Å². The first-order chi connectivity index (χ1) is 9.61. The van der Waals surface area contributed by atoms with Crippen LogP contribution >= 0.6 is 23.8 Å². The Morgan fingerprint density at radius 3 is 2.55 bits per heavy atom. The molecule has 0 aliphatic rings. The van der Waals surface area contributed by atoms with Crippen LogP contribution in [0.1, 0.15) is 31.7 Å². The Balaban J connectivity index is 2.19. The zero-order chi connectivity index (χ0) is 14.8. The van der Waals surface area contributed by atoms with Crippen molar-refractivity contribution >= 4 is 34.8 Å². The summed E-state index contributed by atoms with van der Waals surface area (Å²) in [5, 5.41) is 4.13. The summed E-state index contributed by atoms with van der Waals surface area (Å²) >= 11 is 10.8. The fourth-order valence-electron chi connectivity index (χ4n) is 1.58. The summed E-state index contributed by atoms with van der Waals surface area (Å²) in [4.78, 5) is 11.7. The first-order valence-corrected chi connectivity index (χ1v) is 7.47. The summed E-state index contributed by atoms with van der Waals surface area (Å²) in [7, 11) is 0. The summed E-state index contributed by atoms with van der Waals surface area (Å²) < 4.78 is 0. The van der Waals surface area contributed by atoms with E-state index in [1.807, 2.05) is 12.1 Å². The van der Waals surface area contributed by atoms with Gasteiger partial charge in [-0.05, 0) is 36.3 Å². The number of unbranched alkanes of at least 4 members (excludes halogenated alkanes) is 2. The lowest BCUT2D eigenvalue weighted by molar-refractivity contribution is -0.121. The van der Waals surface area contributed by atoms with Gasteiger partial charge in [-0.15, -0.1) is 0 Å². The molecule has 4 nitrogen and oxygen atoms in total. The highest BCUT2D eigenvalue weighted by molar-refractivity contribution is 7.80. The highest BCUT2D eigenvalue weighted by atomic mass is 35.5. The zero-order valence-corrected chi connectivity index (χ0v) is 13.1. The maximum Gasteiger partial charge on any atom is 0.242 e. The molecule has 0 saturated heterocycles. The Kier molecular flexibility index (Phi) is 7.99. The molecular formula is C14H20ClN3OS. The number of halogens is 1. The third kappa shape index (κ3) is 7.31. The van der Waals surface area contributed by atoms with E-state index in [9.17, 15) is 4.79 Å². The topological polar surface area (TPSA) is 53.2 Å². The molecule has 1 amide bonds. The molecule has 110 valence electrons. The van der Waals surface area contributed by atoms with Crippen LogP contribution in [0.4, 0.5) is 0 Å². The normalized spacial score (nSPS) is 9.90. The summed E-state index contributed by atoms with van der Waals surface area (Å²) in [5.74, 6) is -0.148. The molecule has 1 aromatic carbocycles. The molecule has 0 saturated carbocycles. The van der Waals surface area contributed by atoms with Gasteiger partial charge in [0, 0.05) is 11.6 Å². The molecule has 0 aromatic heterocycles. The number of rotatable bonds is 6. The molecular weight excluding hydrogens is 294 g/mol. The number of nitrogens with one attached hydrogen (secondary N) is 3. The molecule has 0 aliphatic carbocycles. The van der Waals surface area contributed by atoms with Gasteiger partial charge in [0.25, 0.3) is 0 Å². The standard InChI is InChI=1S/C14H20ClN3OS/c1-2-3-4-9-16-14(20)18-17-13(19)10-11-5-7-12(15)8-6-11/h5-8H,2-4,9-10H2,1H3,(H,17,19)(H2,16,18,20). The van der Waals surface area contributed by atoms with Crippen LogP contribution in [0.15, 0.2) is 24.3 Å². The summed E-state index contributed by atoms with van der Waals surface area (Å²) in [6, 6.07) is 7.17. The Morgan fingerprint density at radius 1 is 1.20 bits per heavy atom. The number of carbonyl (C=O) groups excluding carboxylic acids is 1. The van der Waals surface area contributed by atoms with Crippen molar-refractivity contribution < 1.29 is 4.79 Å². The molecule has 0 unspecified atom stereocenters. The Labute approximate surface area is 130 Å². The first kappa shape index (κ1) is 16.7. The average Bonchev–Trinajstić information content (AvgIpc) is 2.44. The minimum Gasteiger partial charge on any atom is -0.361 e. The number of carbonyl (C=O) groups is 1. The number of hydrogen-bond acceptors (Lipinski definition) is 2. The number of hydrazine groups is 1. The third-order valence-corrected chi connectivity index (χ3v) is 3.16. The Morgan fingerprint density at radius 2 is 1.90 bits per heavy atom. The van der Waals surface area contributed by atoms with Gasteiger partial charge in [-0.25, -0.2) is 0 Å². The van der Waals surface area contributed by atoms with Crippen molar-refractivity contribution in [3.05, 3.63) is 34.9 Å². The van der Waals surface area contributed by atoms with Gasteiger partial charge in [0.1, 0.15) is 0 Å². The van der Waals surface area contributed by atoms with Gasteiger partial charge in [0.15, 0.2) is 5.11 Å². The fourth-order valence-corrected chi connectivity index (χ4v) is 1.86. The molecule has 1 rings (SSSR count). The van der Waals surface area contributed by atoms with Crippen LogP contribution in [0, 0.1) is 0 Å². The quantitative estimate of drug-likeness (QED) is 0.429. The second-order valence-corrected chi connectivity index (χ2v) is 5.28. The molecule has 20 heavy (non-hydrogen) atoms. The summed E-state index contributed by atoms with van der Waals surface area (Å²) in [5.41, 5.74) is 6.15. The minimum absolute atomic E-state index is 0.148. The lowest BCUT2D eigenvalue weighted by Crippen LogP contribution is -2.47. The van der Waals surface area contributed by atoms with Crippen LogP contribution in [0.2, 0.25) is 5.02 Å². The second kappa shape index (κ2) is 9.55. The summed E-state index contributed by atoms with van der Waals surface area (Å²) in [6.45, 7) is 2.96. The van der Waals surface area contributed by atoms with Crippen LogP contribution in [0.3, 0.4) is 0 Å². The minimum atomic E-state index is -0.148. The molecule has 0 aliphatic heterocycles. The first-order valence-electron chi connectivity index (χ1n) is 6.69. The maximum absolute atomic E-state index is 11.7. The molecule has 0 heterocycles. The molecule has 1 aromatic rings. The maximum atomic E-state index is 11.7. The molecule has 6 heteroatoms. The van der Waals surface area contributed by atoms with E-state index in [4.69, 9.17) is 23.8 Å². The molecule has 3 N–H and O–H groups in total. The molecule has 0 radical (unpaired) electrons. The predicted octanol–water partition coefficient (Wildman–Crippen LogP) is 2.57. The van der Waals surface area contributed by atoms with Gasteiger partial charge in [-0.1, -0.05) is 43.5 Å². The number of benzene rings is 1. The fraction of sp³-hybridized carbons (Fsp3) is 0.429. The van der Waals surface area contributed by atoms with Crippen molar-refractivity contribution in [3.63, 3.8) is 0 Å². The van der Waals surface area contributed by atoms with Gasteiger partial charge in [0.2, 0.25) is 5.91 Å². The van der Waals surface area contributed by atoms with Gasteiger partial charge < -0.3 is 5.32 Å². The van der Waals surface area contributed by atoms with Crippen LogP contribution < -0.4 is 16.2 Å². The van der Waals surface area contributed by atoms with Gasteiger partial charge >= 0.3 is 0 Å². The smallest absolute Gasteiger partial charge is 0.242 e. The highest BCUT2D eigenvalue weighted by Gasteiger charge is 2.03. The van der Waals surface area contributed by atoms with Crippen molar-refractivity contribution in [1.29, 1.82) is 0 Å². The zero-order valence-electron chi connectivity index (χ0n) is 11.5. The highest BCUT2D eigenvalue weighted by Crippen LogP contribution is 2.09. The Hall–Kier alpha value is -1.33. The van der Waals surface area contributed by atoms with Gasteiger partial charge in [0.05, 0.1) is 6.42 Å². The average molecular weight is 314 g/mol. The van der Waals surface area contributed by atoms with Crippen molar-refractivity contribution in [3.8, 4) is 0 Å². The van der Waals surface area contributed by atoms with Crippen molar-refractivity contribution in [2.24, 2.45) is 0 Å². The van der Waals surface area contributed by atoms with E-state index >= 15 is 0 Å². The molecule has 0 spiro atoms. The van der Waals surface area contributed by atoms with E-state index in [0.29, 0.717) is 10.1 Å². The third-order valence-electron chi connectivity index (χ3n) is 2.66. The van der Waals surface area contributed by atoms with Crippen LogP contribution in [-0.4, -0.2) is 17.6 Å². The predicted molar refractivity (Wildman–Crippen MR) is 86.6 cm³/mol. The molecule has 0 fully saturated rings. The Bertz CT molecular complexity index is 437. The van der Waals surface area contributed by atoms with Crippen LogP contribution in [0.25, 0.3) is 0 Å².